The van der Waals surface area contributed by atoms with E-state index in [4.69, 9.17) is 0 Å². The summed E-state index contributed by atoms with van der Waals surface area (Å²) >= 11 is 1.83. The van der Waals surface area contributed by atoms with Gasteiger partial charge in [0.25, 0.3) is 0 Å². The molecule has 2 N–H and O–H groups in total. The molecule has 2 aromatic rings. The Kier molecular flexibility index (Phi) is 8.54. The van der Waals surface area contributed by atoms with E-state index >= 15 is 0 Å². The van der Waals surface area contributed by atoms with Crippen molar-refractivity contribution in [3.05, 3.63) is 42.4 Å². The van der Waals surface area contributed by atoms with Crippen LogP contribution in [0.4, 0.5) is 0 Å². The lowest BCUT2D eigenvalue weighted by molar-refractivity contribution is 0.664. The van der Waals surface area contributed by atoms with Gasteiger partial charge in [-0.2, -0.15) is 16.9 Å². The molecule has 0 amide bonds. The summed E-state index contributed by atoms with van der Waals surface area (Å²) in [4.78, 5) is 8.60. The molecular formula is C16H25IN6S. The van der Waals surface area contributed by atoms with Crippen molar-refractivity contribution in [1.29, 1.82) is 0 Å². The van der Waals surface area contributed by atoms with Crippen LogP contribution in [0.1, 0.15) is 19.4 Å². The highest BCUT2D eigenvalue weighted by atomic mass is 127. The molecule has 0 fully saturated rings. The molecule has 0 aliphatic carbocycles. The van der Waals surface area contributed by atoms with E-state index in [1.165, 1.54) is 0 Å². The number of nitrogens with one attached hydrogen (secondary N) is 2. The zero-order valence-electron chi connectivity index (χ0n) is 14.5. The Morgan fingerprint density at radius 2 is 2.12 bits per heavy atom. The van der Waals surface area contributed by atoms with Crippen LogP contribution in [0.3, 0.4) is 0 Å². The van der Waals surface area contributed by atoms with Crippen molar-refractivity contribution in [2.24, 2.45) is 4.99 Å². The minimum absolute atomic E-state index is 0. The zero-order chi connectivity index (χ0) is 16.7. The van der Waals surface area contributed by atoms with Gasteiger partial charge < -0.3 is 10.6 Å². The molecule has 0 aliphatic heterocycles. The highest BCUT2D eigenvalue weighted by Gasteiger charge is 2.16. The first-order valence-corrected chi connectivity index (χ1v) is 8.71. The van der Waals surface area contributed by atoms with Crippen LogP contribution in [0.25, 0.3) is 5.82 Å². The van der Waals surface area contributed by atoms with Crippen molar-refractivity contribution in [2.75, 3.05) is 19.8 Å². The van der Waals surface area contributed by atoms with Crippen molar-refractivity contribution < 1.29 is 0 Å². The number of halogens is 1. The maximum atomic E-state index is 4.33. The Morgan fingerprint density at radius 1 is 1.33 bits per heavy atom. The second kappa shape index (κ2) is 9.87. The summed E-state index contributed by atoms with van der Waals surface area (Å²) in [6, 6.07) is 5.88. The largest absolute Gasteiger partial charge is 0.355 e. The van der Waals surface area contributed by atoms with Crippen molar-refractivity contribution in [3.63, 3.8) is 0 Å². The van der Waals surface area contributed by atoms with Gasteiger partial charge in [-0.1, -0.05) is 0 Å². The van der Waals surface area contributed by atoms with E-state index in [0.29, 0.717) is 6.54 Å². The fourth-order valence-corrected chi connectivity index (χ4v) is 2.09. The van der Waals surface area contributed by atoms with E-state index in [2.05, 4.69) is 45.8 Å². The maximum Gasteiger partial charge on any atom is 0.191 e. The second-order valence-electron chi connectivity index (χ2n) is 5.72. The van der Waals surface area contributed by atoms with E-state index in [1.807, 2.05) is 36.2 Å². The number of aromatic nitrogens is 3. The highest BCUT2D eigenvalue weighted by Crippen LogP contribution is 2.19. The van der Waals surface area contributed by atoms with Crippen LogP contribution in [0.15, 0.2) is 41.8 Å². The van der Waals surface area contributed by atoms with Crippen molar-refractivity contribution >= 4 is 41.7 Å². The normalized spacial score (nSPS) is 11.8. The molecule has 0 radical (unpaired) electrons. The minimum atomic E-state index is 0. The van der Waals surface area contributed by atoms with Crippen LogP contribution in [0, 0.1) is 0 Å². The summed E-state index contributed by atoms with van der Waals surface area (Å²) in [5.41, 5.74) is 1.12. The van der Waals surface area contributed by atoms with Gasteiger partial charge >= 0.3 is 0 Å². The van der Waals surface area contributed by atoms with Crippen LogP contribution in [-0.2, 0) is 6.54 Å². The van der Waals surface area contributed by atoms with Crippen LogP contribution in [0.5, 0.6) is 0 Å². The van der Waals surface area contributed by atoms with Gasteiger partial charge in [-0.15, -0.1) is 24.0 Å². The lowest BCUT2D eigenvalue weighted by Gasteiger charge is -2.23. The smallest absolute Gasteiger partial charge is 0.191 e. The lowest BCUT2D eigenvalue weighted by atomic mass is 10.2. The molecule has 6 nitrogen and oxygen atoms in total. The molecule has 2 heterocycles. The van der Waals surface area contributed by atoms with Gasteiger partial charge in [0.1, 0.15) is 0 Å². The fraction of sp³-hybridized carbons (Fsp3) is 0.438. The van der Waals surface area contributed by atoms with Crippen LogP contribution < -0.4 is 10.6 Å². The van der Waals surface area contributed by atoms with Gasteiger partial charge in [-0.3, -0.25) is 4.99 Å². The zero-order valence-corrected chi connectivity index (χ0v) is 17.6. The first-order valence-electron chi connectivity index (χ1n) is 7.49. The molecule has 2 rings (SSSR count). The number of rotatable bonds is 6. The first kappa shape index (κ1) is 20.8. The third kappa shape index (κ3) is 6.31. The molecule has 0 aliphatic rings. The quantitative estimate of drug-likeness (QED) is 0.394. The monoisotopic (exact) mass is 460 g/mol. The van der Waals surface area contributed by atoms with Gasteiger partial charge in [0.2, 0.25) is 0 Å². The SMILES string of the molecule is CN=C(NCc1ccnc(-n2cccn2)c1)NCC(C)(C)SC.I. The molecular weight excluding hydrogens is 435 g/mol. The summed E-state index contributed by atoms with van der Waals surface area (Å²) in [7, 11) is 1.78. The third-order valence-electron chi connectivity index (χ3n) is 3.47. The Labute approximate surface area is 164 Å². The van der Waals surface area contributed by atoms with Crippen molar-refractivity contribution in [2.45, 2.75) is 25.1 Å². The number of aliphatic imine (C=N–C) groups is 1. The summed E-state index contributed by atoms with van der Waals surface area (Å²) in [5.74, 6) is 1.60. The van der Waals surface area contributed by atoms with E-state index in [1.54, 1.807) is 24.1 Å². The molecule has 0 unspecified atom stereocenters. The van der Waals surface area contributed by atoms with Crippen molar-refractivity contribution in [1.82, 2.24) is 25.4 Å². The predicted octanol–water partition coefficient (Wildman–Crippen LogP) is 2.69. The standard InChI is InChI=1S/C16H24N6S.HI/c1-16(2,23-4)12-20-15(17-3)19-11-13-6-8-18-14(10-13)22-9-5-7-21-22;/h5-10H,11-12H2,1-4H3,(H2,17,19,20);1H. The summed E-state index contributed by atoms with van der Waals surface area (Å²) in [5, 5.41) is 10.9. The van der Waals surface area contributed by atoms with Gasteiger partial charge in [0.05, 0.1) is 0 Å². The van der Waals surface area contributed by atoms with Crippen LogP contribution in [0.2, 0.25) is 0 Å². The molecule has 24 heavy (non-hydrogen) atoms. The molecule has 0 atom stereocenters. The molecule has 2 aromatic heterocycles. The summed E-state index contributed by atoms with van der Waals surface area (Å²) in [6.07, 6.45) is 7.53. The molecule has 0 spiro atoms. The van der Waals surface area contributed by atoms with Gasteiger partial charge in [-0.25, -0.2) is 9.67 Å². The number of nitrogens with zero attached hydrogens (tertiary/aromatic N) is 4. The Bertz CT molecular complexity index is 642. The predicted molar refractivity (Wildman–Crippen MR) is 113 cm³/mol. The second-order valence-corrected chi connectivity index (χ2v) is 7.23. The minimum Gasteiger partial charge on any atom is -0.355 e. The van der Waals surface area contributed by atoms with E-state index < -0.39 is 0 Å². The Morgan fingerprint density at radius 3 is 2.75 bits per heavy atom. The van der Waals surface area contributed by atoms with E-state index in [-0.39, 0.29) is 28.7 Å². The lowest BCUT2D eigenvalue weighted by Crippen LogP contribution is -2.43. The topological polar surface area (TPSA) is 67.1 Å². The van der Waals surface area contributed by atoms with E-state index in [9.17, 15) is 0 Å². The number of hydrogen-bond acceptors (Lipinski definition) is 4. The highest BCUT2D eigenvalue weighted by molar-refractivity contribution is 14.0. The maximum absolute atomic E-state index is 4.33. The molecule has 0 bridgehead atoms. The average molecular weight is 460 g/mol. The number of pyridine rings is 1. The van der Waals surface area contributed by atoms with Gasteiger partial charge in [0, 0.05) is 43.5 Å². The summed E-state index contributed by atoms with van der Waals surface area (Å²) in [6.45, 7) is 5.94. The molecule has 0 saturated carbocycles. The number of guanidine groups is 1. The van der Waals surface area contributed by atoms with Gasteiger partial charge in [0.15, 0.2) is 11.8 Å². The van der Waals surface area contributed by atoms with Crippen LogP contribution >= 0.6 is 35.7 Å². The molecule has 0 saturated heterocycles. The van der Waals surface area contributed by atoms with Crippen LogP contribution in [-0.4, -0.2) is 45.3 Å². The number of hydrogen-bond donors (Lipinski definition) is 2. The average Bonchev–Trinajstić information content (AvgIpc) is 3.10. The summed E-state index contributed by atoms with van der Waals surface area (Å²) < 4.78 is 1.92. The third-order valence-corrected chi connectivity index (χ3v) is 4.72. The molecule has 0 aromatic carbocycles. The Balaban J connectivity index is 0.00000288. The van der Waals surface area contributed by atoms with Crippen molar-refractivity contribution in [3.8, 4) is 5.82 Å². The van der Waals surface area contributed by atoms with Gasteiger partial charge in [-0.05, 0) is 43.9 Å². The molecule has 8 heteroatoms. The number of thioether (sulfide) groups is 1. The van der Waals surface area contributed by atoms with E-state index in [0.717, 1.165) is 23.9 Å². The first-order chi connectivity index (χ1) is 11.0. The molecule has 132 valence electrons. The Hall–Kier alpha value is -1.29. The fourth-order valence-electron chi connectivity index (χ4n) is 1.88.